The molecule has 1 aliphatic heterocycles. The van der Waals surface area contributed by atoms with Crippen LogP contribution in [0.15, 0.2) is 6.07 Å². The molecular weight excluding hydrogens is 312 g/mol. The van der Waals surface area contributed by atoms with E-state index >= 15 is 0 Å². The highest BCUT2D eigenvalue weighted by Gasteiger charge is 2.19. The van der Waals surface area contributed by atoms with Gasteiger partial charge in [0, 0.05) is 31.1 Å². The number of hydrogen-bond acceptors (Lipinski definition) is 7. The number of nitrogens with zero attached hydrogens (tertiary/aromatic N) is 3. The zero-order valence-corrected chi connectivity index (χ0v) is 13.1. The Morgan fingerprint density at radius 2 is 2.19 bits per heavy atom. The van der Waals surface area contributed by atoms with Gasteiger partial charge >= 0.3 is 0 Å². The van der Waals surface area contributed by atoms with Crippen molar-refractivity contribution < 1.29 is 9.84 Å². The van der Waals surface area contributed by atoms with Crippen LogP contribution in [0.1, 0.15) is 4.88 Å². The van der Waals surface area contributed by atoms with Gasteiger partial charge in [0.2, 0.25) is 5.28 Å². The Morgan fingerprint density at radius 3 is 2.95 bits per heavy atom. The Bertz CT molecular complexity index is 615. The molecule has 0 radical (unpaired) electrons. The molecule has 6 nitrogen and oxygen atoms in total. The van der Waals surface area contributed by atoms with Crippen LogP contribution in [0.3, 0.4) is 0 Å². The maximum absolute atomic E-state index is 8.82. The number of morpholine rings is 1. The average Bonchev–Trinajstić information content (AvgIpc) is 2.90. The molecule has 0 saturated carbocycles. The lowest BCUT2D eigenvalue weighted by Gasteiger charge is -2.28. The number of aromatic nitrogens is 2. The van der Waals surface area contributed by atoms with E-state index in [2.05, 4.69) is 20.2 Å². The lowest BCUT2D eigenvalue weighted by atomic mass is 10.3. The Balaban J connectivity index is 1.91. The first-order valence-corrected chi connectivity index (χ1v) is 8.07. The molecule has 0 aromatic carbocycles. The highest BCUT2D eigenvalue weighted by atomic mass is 35.5. The molecule has 2 N–H and O–H groups in total. The maximum atomic E-state index is 8.82. The SMILES string of the molecule is OCCNCc1cc2nc(Cl)nc(N3CCOCC3)c2s1. The van der Waals surface area contributed by atoms with E-state index < -0.39 is 0 Å². The minimum absolute atomic E-state index is 0.134. The van der Waals surface area contributed by atoms with Crippen molar-refractivity contribution in [1.29, 1.82) is 0 Å². The second kappa shape index (κ2) is 6.85. The number of hydrogen-bond donors (Lipinski definition) is 2. The number of nitrogens with one attached hydrogen (secondary N) is 1. The molecule has 3 heterocycles. The lowest BCUT2D eigenvalue weighted by molar-refractivity contribution is 0.122. The molecule has 1 fully saturated rings. The highest BCUT2D eigenvalue weighted by Crippen LogP contribution is 2.33. The zero-order chi connectivity index (χ0) is 14.7. The molecule has 0 unspecified atom stereocenters. The van der Waals surface area contributed by atoms with Crippen molar-refractivity contribution in [2.45, 2.75) is 6.54 Å². The number of aliphatic hydroxyl groups excluding tert-OH is 1. The summed E-state index contributed by atoms with van der Waals surface area (Å²) < 4.78 is 6.44. The molecule has 0 bridgehead atoms. The van der Waals surface area contributed by atoms with Gasteiger partial charge in [0.1, 0.15) is 0 Å². The van der Waals surface area contributed by atoms with Crippen LogP contribution in [0, 0.1) is 0 Å². The largest absolute Gasteiger partial charge is 0.395 e. The molecule has 0 spiro atoms. The number of aliphatic hydroxyl groups is 1. The van der Waals surface area contributed by atoms with Crippen LogP contribution in [0.4, 0.5) is 5.82 Å². The van der Waals surface area contributed by atoms with E-state index in [0.717, 1.165) is 34.0 Å². The van der Waals surface area contributed by atoms with Crippen molar-refractivity contribution in [3.8, 4) is 0 Å². The number of ether oxygens (including phenoxy) is 1. The fourth-order valence-corrected chi connectivity index (χ4v) is 3.56. The quantitative estimate of drug-likeness (QED) is 0.636. The second-order valence-electron chi connectivity index (χ2n) is 4.74. The van der Waals surface area contributed by atoms with E-state index in [-0.39, 0.29) is 11.9 Å². The molecule has 8 heteroatoms. The Hall–Kier alpha value is -0.990. The monoisotopic (exact) mass is 328 g/mol. The molecule has 0 atom stereocenters. The normalized spacial score (nSPS) is 15.8. The first-order chi connectivity index (χ1) is 10.3. The van der Waals surface area contributed by atoms with Crippen LogP contribution >= 0.6 is 22.9 Å². The molecule has 114 valence electrons. The number of halogens is 1. The fourth-order valence-electron chi connectivity index (χ4n) is 2.30. The third-order valence-electron chi connectivity index (χ3n) is 3.28. The predicted molar refractivity (Wildman–Crippen MR) is 84.2 cm³/mol. The fraction of sp³-hybridized carbons (Fsp3) is 0.538. The van der Waals surface area contributed by atoms with Gasteiger partial charge in [-0.2, -0.15) is 4.98 Å². The number of thiophene rings is 1. The van der Waals surface area contributed by atoms with Gasteiger partial charge in [-0.1, -0.05) is 0 Å². The van der Waals surface area contributed by atoms with Gasteiger partial charge in [-0.3, -0.25) is 0 Å². The van der Waals surface area contributed by atoms with Crippen molar-refractivity contribution in [3.05, 3.63) is 16.2 Å². The highest BCUT2D eigenvalue weighted by molar-refractivity contribution is 7.19. The minimum Gasteiger partial charge on any atom is -0.395 e. The summed E-state index contributed by atoms with van der Waals surface area (Å²) in [5.74, 6) is 0.895. The summed E-state index contributed by atoms with van der Waals surface area (Å²) in [6, 6.07) is 2.03. The molecule has 1 saturated heterocycles. The van der Waals surface area contributed by atoms with Crippen molar-refractivity contribution in [3.63, 3.8) is 0 Å². The maximum Gasteiger partial charge on any atom is 0.224 e. The third kappa shape index (κ3) is 3.44. The molecule has 2 aromatic rings. The van der Waals surface area contributed by atoms with Crippen molar-refractivity contribution in [2.75, 3.05) is 44.4 Å². The molecule has 3 rings (SSSR count). The molecular formula is C13H17ClN4O2S. The minimum atomic E-state index is 0.134. The van der Waals surface area contributed by atoms with Crippen LogP contribution in [0.5, 0.6) is 0 Å². The summed E-state index contributed by atoms with van der Waals surface area (Å²) >= 11 is 7.72. The van der Waals surface area contributed by atoms with Gasteiger partial charge in [0.05, 0.1) is 30.0 Å². The summed E-state index contributed by atoms with van der Waals surface area (Å²) in [5.41, 5.74) is 0.877. The van der Waals surface area contributed by atoms with Crippen LogP contribution < -0.4 is 10.2 Å². The summed E-state index contributed by atoms with van der Waals surface area (Å²) in [6.07, 6.45) is 0. The Morgan fingerprint density at radius 1 is 1.38 bits per heavy atom. The van der Waals surface area contributed by atoms with Crippen LogP contribution in [-0.2, 0) is 11.3 Å². The molecule has 2 aromatic heterocycles. The van der Waals surface area contributed by atoms with Crippen molar-refractivity contribution in [1.82, 2.24) is 15.3 Å². The van der Waals surface area contributed by atoms with E-state index in [1.54, 1.807) is 11.3 Å². The van der Waals surface area contributed by atoms with Gasteiger partial charge in [0.25, 0.3) is 0 Å². The van der Waals surface area contributed by atoms with Crippen LogP contribution in [0.25, 0.3) is 10.2 Å². The van der Waals surface area contributed by atoms with E-state index in [1.165, 1.54) is 0 Å². The van der Waals surface area contributed by atoms with E-state index in [1.807, 2.05) is 6.07 Å². The zero-order valence-electron chi connectivity index (χ0n) is 11.5. The van der Waals surface area contributed by atoms with Gasteiger partial charge in [-0.05, 0) is 17.7 Å². The van der Waals surface area contributed by atoms with E-state index in [0.29, 0.717) is 26.3 Å². The van der Waals surface area contributed by atoms with Crippen molar-refractivity contribution in [2.24, 2.45) is 0 Å². The molecule has 0 amide bonds. The number of anilines is 1. The van der Waals surface area contributed by atoms with Crippen LogP contribution in [-0.4, -0.2) is 54.5 Å². The summed E-state index contributed by atoms with van der Waals surface area (Å²) in [7, 11) is 0. The standard InChI is InChI=1S/C13H17ClN4O2S/c14-13-16-10-7-9(8-15-1-4-19)21-11(10)12(17-13)18-2-5-20-6-3-18/h7,15,19H,1-6,8H2. The Kier molecular flexibility index (Phi) is 4.87. The summed E-state index contributed by atoms with van der Waals surface area (Å²) in [6.45, 7) is 4.48. The molecule has 21 heavy (non-hydrogen) atoms. The topological polar surface area (TPSA) is 70.5 Å². The lowest BCUT2D eigenvalue weighted by Crippen LogP contribution is -2.36. The molecule has 1 aliphatic rings. The van der Waals surface area contributed by atoms with Gasteiger partial charge < -0.3 is 20.1 Å². The summed E-state index contributed by atoms with van der Waals surface area (Å²) in [5, 5.41) is 12.3. The van der Waals surface area contributed by atoms with E-state index in [4.69, 9.17) is 21.4 Å². The average molecular weight is 329 g/mol. The van der Waals surface area contributed by atoms with Gasteiger partial charge in [-0.25, -0.2) is 4.98 Å². The van der Waals surface area contributed by atoms with Gasteiger partial charge in [-0.15, -0.1) is 11.3 Å². The third-order valence-corrected chi connectivity index (χ3v) is 4.57. The van der Waals surface area contributed by atoms with E-state index in [9.17, 15) is 0 Å². The van der Waals surface area contributed by atoms with Gasteiger partial charge in [0.15, 0.2) is 5.82 Å². The predicted octanol–water partition coefficient (Wildman–Crippen LogP) is 1.26. The van der Waals surface area contributed by atoms with Crippen molar-refractivity contribution >= 4 is 39.0 Å². The number of rotatable bonds is 5. The van der Waals surface area contributed by atoms with Crippen LogP contribution in [0.2, 0.25) is 5.28 Å². The first kappa shape index (κ1) is 14.9. The summed E-state index contributed by atoms with van der Waals surface area (Å²) in [4.78, 5) is 12.1. The second-order valence-corrected chi connectivity index (χ2v) is 6.22. The Labute approximate surface area is 131 Å². The smallest absolute Gasteiger partial charge is 0.224 e. The molecule has 0 aliphatic carbocycles. The first-order valence-electron chi connectivity index (χ1n) is 6.88. The number of fused-ring (bicyclic) bond motifs is 1.